The first-order valence-electron chi connectivity index (χ1n) is 5.87. The lowest BCUT2D eigenvalue weighted by Crippen LogP contribution is -2.59. The third-order valence-electron chi connectivity index (χ3n) is 3.34. The third-order valence-corrected chi connectivity index (χ3v) is 3.34. The van der Waals surface area contributed by atoms with Crippen LogP contribution >= 0.6 is 0 Å². The van der Waals surface area contributed by atoms with E-state index in [1.807, 2.05) is 0 Å². The van der Waals surface area contributed by atoms with E-state index in [1.54, 1.807) is 0 Å². The minimum atomic E-state index is 0.122. The van der Waals surface area contributed by atoms with E-state index in [-0.39, 0.29) is 5.60 Å². The Bertz CT molecular complexity index is 174. The van der Waals surface area contributed by atoms with E-state index in [0.717, 1.165) is 32.3 Å². The van der Waals surface area contributed by atoms with Gasteiger partial charge in [0.1, 0.15) is 0 Å². The van der Waals surface area contributed by atoms with Gasteiger partial charge in [0, 0.05) is 25.7 Å². The summed E-state index contributed by atoms with van der Waals surface area (Å²) in [7, 11) is 0. The summed E-state index contributed by atoms with van der Waals surface area (Å²) in [5, 5.41) is 6.80. The van der Waals surface area contributed by atoms with Gasteiger partial charge in [-0.1, -0.05) is 12.8 Å². The van der Waals surface area contributed by atoms with Crippen LogP contribution in [0.3, 0.4) is 0 Å². The molecule has 1 aliphatic heterocycles. The standard InChI is InChI=1S/C11H22N2O/c1-11(8-12-9-11)14-7-6-13-10-4-2-3-5-10/h10,12-13H,2-9H2,1H3. The van der Waals surface area contributed by atoms with E-state index in [1.165, 1.54) is 25.7 Å². The van der Waals surface area contributed by atoms with Crippen LogP contribution in [0.4, 0.5) is 0 Å². The Labute approximate surface area is 86.6 Å². The van der Waals surface area contributed by atoms with Gasteiger partial charge < -0.3 is 15.4 Å². The maximum Gasteiger partial charge on any atom is 0.0902 e. The first-order valence-corrected chi connectivity index (χ1v) is 5.87. The molecule has 82 valence electrons. The average Bonchev–Trinajstić information content (AvgIpc) is 2.62. The van der Waals surface area contributed by atoms with Crippen LogP contribution in [0.1, 0.15) is 32.6 Å². The highest BCUT2D eigenvalue weighted by atomic mass is 16.5. The molecule has 0 aromatic rings. The summed E-state index contributed by atoms with van der Waals surface area (Å²) in [4.78, 5) is 0. The summed E-state index contributed by atoms with van der Waals surface area (Å²) in [5.74, 6) is 0. The number of hydrogen-bond acceptors (Lipinski definition) is 3. The molecule has 0 atom stereocenters. The minimum absolute atomic E-state index is 0.122. The summed E-state index contributed by atoms with van der Waals surface area (Å²) < 4.78 is 5.80. The van der Waals surface area contributed by atoms with Crippen LogP contribution in [0.25, 0.3) is 0 Å². The van der Waals surface area contributed by atoms with Gasteiger partial charge >= 0.3 is 0 Å². The maximum atomic E-state index is 5.80. The molecule has 1 saturated carbocycles. The Morgan fingerprint density at radius 1 is 1.36 bits per heavy atom. The van der Waals surface area contributed by atoms with Crippen LogP contribution < -0.4 is 10.6 Å². The second kappa shape index (κ2) is 4.60. The van der Waals surface area contributed by atoms with Crippen molar-refractivity contribution in [1.82, 2.24) is 10.6 Å². The SMILES string of the molecule is CC1(OCCNC2CCCC2)CNC1. The lowest BCUT2D eigenvalue weighted by molar-refractivity contribution is -0.0652. The second-order valence-electron chi connectivity index (χ2n) is 4.84. The lowest BCUT2D eigenvalue weighted by Gasteiger charge is -2.39. The van der Waals surface area contributed by atoms with Gasteiger partial charge in [0.2, 0.25) is 0 Å². The molecule has 0 radical (unpaired) electrons. The minimum Gasteiger partial charge on any atom is -0.371 e. The highest BCUT2D eigenvalue weighted by molar-refractivity contribution is 4.90. The molecule has 0 unspecified atom stereocenters. The predicted octanol–water partition coefficient (Wildman–Crippen LogP) is 0.897. The van der Waals surface area contributed by atoms with Crippen molar-refractivity contribution in [3.05, 3.63) is 0 Å². The van der Waals surface area contributed by atoms with Crippen molar-refractivity contribution in [1.29, 1.82) is 0 Å². The summed E-state index contributed by atoms with van der Waals surface area (Å²) in [6, 6.07) is 0.769. The normalized spacial score (nSPS) is 26.4. The molecule has 2 rings (SSSR count). The van der Waals surface area contributed by atoms with Crippen LogP contribution in [0.15, 0.2) is 0 Å². The van der Waals surface area contributed by atoms with Gasteiger partial charge in [0.05, 0.1) is 12.2 Å². The van der Waals surface area contributed by atoms with Crippen molar-refractivity contribution in [2.75, 3.05) is 26.2 Å². The fraction of sp³-hybridized carbons (Fsp3) is 1.00. The lowest BCUT2D eigenvalue weighted by atomic mass is 10.0. The fourth-order valence-corrected chi connectivity index (χ4v) is 2.27. The van der Waals surface area contributed by atoms with Gasteiger partial charge in [-0.2, -0.15) is 0 Å². The summed E-state index contributed by atoms with van der Waals surface area (Å²) in [5.41, 5.74) is 0.122. The molecule has 0 amide bonds. The molecule has 2 aliphatic rings. The Kier molecular flexibility index (Phi) is 3.42. The molecule has 3 heteroatoms. The van der Waals surface area contributed by atoms with E-state index in [4.69, 9.17) is 4.74 Å². The molecule has 0 aromatic carbocycles. The summed E-state index contributed by atoms with van der Waals surface area (Å²) in [6.07, 6.45) is 5.53. The highest BCUT2D eigenvalue weighted by Crippen LogP contribution is 2.18. The molecular weight excluding hydrogens is 176 g/mol. The molecule has 1 aliphatic carbocycles. The molecular formula is C11H22N2O. The Balaban J connectivity index is 1.50. The van der Waals surface area contributed by atoms with E-state index in [9.17, 15) is 0 Å². The molecule has 14 heavy (non-hydrogen) atoms. The van der Waals surface area contributed by atoms with Crippen LogP contribution in [-0.4, -0.2) is 37.9 Å². The zero-order valence-electron chi connectivity index (χ0n) is 9.14. The van der Waals surface area contributed by atoms with Crippen LogP contribution in [0, 0.1) is 0 Å². The quantitative estimate of drug-likeness (QED) is 0.644. The van der Waals surface area contributed by atoms with E-state index in [2.05, 4.69) is 17.6 Å². The summed E-state index contributed by atoms with van der Waals surface area (Å²) in [6.45, 7) is 6.07. The smallest absolute Gasteiger partial charge is 0.0902 e. The van der Waals surface area contributed by atoms with Gasteiger partial charge in [-0.3, -0.25) is 0 Å². The van der Waals surface area contributed by atoms with E-state index < -0.39 is 0 Å². The van der Waals surface area contributed by atoms with Gasteiger partial charge in [-0.25, -0.2) is 0 Å². The third kappa shape index (κ3) is 2.69. The largest absolute Gasteiger partial charge is 0.371 e. The number of nitrogens with one attached hydrogen (secondary N) is 2. The summed E-state index contributed by atoms with van der Waals surface area (Å²) >= 11 is 0. The number of rotatable bonds is 5. The van der Waals surface area contributed by atoms with Crippen molar-refractivity contribution >= 4 is 0 Å². The van der Waals surface area contributed by atoms with Crippen LogP contribution in [-0.2, 0) is 4.74 Å². The van der Waals surface area contributed by atoms with Crippen molar-refractivity contribution in [2.45, 2.75) is 44.2 Å². The van der Waals surface area contributed by atoms with Gasteiger partial charge in [0.25, 0.3) is 0 Å². The molecule has 3 nitrogen and oxygen atoms in total. The monoisotopic (exact) mass is 198 g/mol. The van der Waals surface area contributed by atoms with Crippen LogP contribution in [0.5, 0.6) is 0 Å². The average molecular weight is 198 g/mol. The molecule has 2 N–H and O–H groups in total. The first-order chi connectivity index (χ1) is 6.79. The first kappa shape index (κ1) is 10.4. The maximum absolute atomic E-state index is 5.80. The van der Waals surface area contributed by atoms with Crippen molar-refractivity contribution in [3.8, 4) is 0 Å². The Morgan fingerprint density at radius 3 is 2.64 bits per heavy atom. The second-order valence-corrected chi connectivity index (χ2v) is 4.84. The number of hydrogen-bond donors (Lipinski definition) is 2. The molecule has 2 fully saturated rings. The molecule has 0 spiro atoms. The van der Waals surface area contributed by atoms with E-state index in [0.29, 0.717) is 0 Å². The topological polar surface area (TPSA) is 33.3 Å². The molecule has 1 saturated heterocycles. The van der Waals surface area contributed by atoms with Crippen molar-refractivity contribution < 1.29 is 4.74 Å². The fourth-order valence-electron chi connectivity index (χ4n) is 2.27. The van der Waals surface area contributed by atoms with Gasteiger partial charge in [-0.15, -0.1) is 0 Å². The Morgan fingerprint density at radius 2 is 2.07 bits per heavy atom. The predicted molar refractivity (Wildman–Crippen MR) is 57.5 cm³/mol. The van der Waals surface area contributed by atoms with Gasteiger partial charge in [0.15, 0.2) is 0 Å². The number of ether oxygens (including phenoxy) is 1. The van der Waals surface area contributed by atoms with E-state index >= 15 is 0 Å². The Hall–Kier alpha value is -0.120. The zero-order chi connectivity index (χ0) is 9.86. The molecule has 0 bridgehead atoms. The zero-order valence-corrected chi connectivity index (χ0v) is 9.14. The highest BCUT2D eigenvalue weighted by Gasteiger charge is 2.32. The van der Waals surface area contributed by atoms with Gasteiger partial charge in [-0.05, 0) is 19.8 Å². The molecule has 0 aromatic heterocycles. The van der Waals surface area contributed by atoms with Crippen molar-refractivity contribution in [2.24, 2.45) is 0 Å². The van der Waals surface area contributed by atoms with Crippen molar-refractivity contribution in [3.63, 3.8) is 0 Å². The van der Waals surface area contributed by atoms with Crippen LogP contribution in [0.2, 0.25) is 0 Å². The molecule has 1 heterocycles.